The average Bonchev–Trinajstić information content (AvgIpc) is 3.53. The molecule has 5 nitrogen and oxygen atoms in total. The first-order valence-electron chi connectivity index (χ1n) is 11.0. The molecule has 7 rings (SSSR count). The Balaban J connectivity index is 1.12. The number of benzene rings is 1. The van der Waals surface area contributed by atoms with Gasteiger partial charge in [-0.15, -0.1) is 0 Å². The van der Waals surface area contributed by atoms with Crippen molar-refractivity contribution in [1.82, 2.24) is 4.90 Å². The van der Waals surface area contributed by atoms with Crippen LogP contribution < -0.4 is 5.32 Å². The summed E-state index contributed by atoms with van der Waals surface area (Å²) in [6, 6.07) is 9.48. The molecule has 3 saturated carbocycles. The minimum Gasteiger partial charge on any atom is -0.326 e. The third kappa shape index (κ3) is 2.55. The summed E-state index contributed by atoms with van der Waals surface area (Å²) in [5.41, 5.74) is 0.815. The number of carbonyl (C=O) groups is 3. The Labute approximate surface area is 170 Å². The van der Waals surface area contributed by atoms with Crippen LogP contribution in [-0.4, -0.2) is 28.7 Å². The van der Waals surface area contributed by atoms with E-state index in [0.717, 1.165) is 31.4 Å². The third-order valence-electron chi connectivity index (χ3n) is 8.17. The van der Waals surface area contributed by atoms with Crippen molar-refractivity contribution in [1.29, 1.82) is 0 Å². The lowest BCUT2D eigenvalue weighted by Crippen LogP contribution is -2.44. The largest absolute Gasteiger partial charge is 0.326 e. The number of likely N-dealkylation sites (tertiary alicyclic amines) is 1. The van der Waals surface area contributed by atoms with Crippen LogP contribution >= 0.6 is 0 Å². The molecule has 5 aliphatic carbocycles. The molecule has 1 heterocycles. The van der Waals surface area contributed by atoms with E-state index >= 15 is 0 Å². The van der Waals surface area contributed by atoms with Crippen LogP contribution in [0.15, 0.2) is 42.5 Å². The van der Waals surface area contributed by atoms with Gasteiger partial charge < -0.3 is 5.32 Å². The van der Waals surface area contributed by atoms with Crippen molar-refractivity contribution in [3.8, 4) is 0 Å². The lowest BCUT2D eigenvalue weighted by Gasteiger charge is -2.37. The maximum absolute atomic E-state index is 13.3. The lowest BCUT2D eigenvalue weighted by molar-refractivity contribution is -0.144. The van der Waals surface area contributed by atoms with Crippen molar-refractivity contribution in [3.05, 3.63) is 42.5 Å². The molecule has 0 unspecified atom stereocenters. The van der Waals surface area contributed by atoms with Crippen LogP contribution in [0.2, 0.25) is 0 Å². The number of carbonyl (C=O) groups excluding carboxylic acids is 3. The number of imide groups is 1. The Morgan fingerprint density at radius 2 is 1.45 bits per heavy atom. The number of hydrogen-bond acceptors (Lipinski definition) is 3. The highest BCUT2D eigenvalue weighted by molar-refractivity contribution is 6.06. The summed E-state index contributed by atoms with van der Waals surface area (Å²) in [6.07, 6.45) is 8.56. The zero-order chi connectivity index (χ0) is 19.7. The summed E-state index contributed by atoms with van der Waals surface area (Å²) >= 11 is 0. The Bertz CT molecular complexity index is 866. The van der Waals surface area contributed by atoms with Crippen LogP contribution in [-0.2, 0) is 14.4 Å². The normalized spacial score (nSPS) is 41.9. The Kier molecular flexibility index (Phi) is 3.78. The second kappa shape index (κ2) is 6.28. The number of rotatable bonds is 3. The Morgan fingerprint density at radius 1 is 0.862 bits per heavy atom. The molecule has 6 atom stereocenters. The van der Waals surface area contributed by atoms with Crippen molar-refractivity contribution in [2.75, 3.05) is 5.32 Å². The minimum absolute atomic E-state index is 0.0305. The summed E-state index contributed by atoms with van der Waals surface area (Å²) in [5, 5.41) is 2.99. The second-order valence-corrected chi connectivity index (χ2v) is 9.56. The van der Waals surface area contributed by atoms with E-state index in [2.05, 4.69) is 17.5 Å². The number of amides is 3. The lowest BCUT2D eigenvalue weighted by atomic mass is 9.63. The van der Waals surface area contributed by atoms with Gasteiger partial charge in [0.1, 0.15) is 0 Å². The number of allylic oxidation sites excluding steroid dienone is 2. The van der Waals surface area contributed by atoms with Crippen LogP contribution in [0.25, 0.3) is 0 Å². The molecule has 6 aliphatic rings. The van der Waals surface area contributed by atoms with Gasteiger partial charge in [0.25, 0.3) is 0 Å². The molecule has 0 radical (unpaired) electrons. The van der Waals surface area contributed by atoms with Gasteiger partial charge in [-0.2, -0.15) is 0 Å². The Hall–Kier alpha value is -2.43. The van der Waals surface area contributed by atoms with Gasteiger partial charge in [-0.3, -0.25) is 19.3 Å². The first-order chi connectivity index (χ1) is 14.1. The molecule has 3 amide bonds. The van der Waals surface area contributed by atoms with E-state index in [0.29, 0.717) is 11.8 Å². The predicted molar refractivity (Wildman–Crippen MR) is 107 cm³/mol. The highest BCUT2D eigenvalue weighted by Gasteiger charge is 2.67. The smallest absolute Gasteiger partial charge is 0.233 e. The van der Waals surface area contributed by atoms with Gasteiger partial charge in [-0.05, 0) is 67.9 Å². The summed E-state index contributed by atoms with van der Waals surface area (Å²) in [5.74, 6) is 1.76. The maximum Gasteiger partial charge on any atom is 0.233 e. The van der Waals surface area contributed by atoms with Crippen molar-refractivity contribution >= 4 is 23.4 Å². The molecule has 29 heavy (non-hydrogen) atoms. The summed E-state index contributed by atoms with van der Waals surface area (Å²) in [4.78, 5) is 40.7. The third-order valence-corrected chi connectivity index (χ3v) is 8.17. The molecule has 0 spiro atoms. The number of anilines is 1. The zero-order valence-electron chi connectivity index (χ0n) is 16.4. The van der Waals surface area contributed by atoms with E-state index in [1.807, 2.05) is 30.3 Å². The number of nitrogens with one attached hydrogen (secondary N) is 1. The van der Waals surface area contributed by atoms with Crippen LogP contribution in [0.4, 0.5) is 5.69 Å². The Morgan fingerprint density at radius 3 is 2.03 bits per heavy atom. The van der Waals surface area contributed by atoms with Gasteiger partial charge in [0.05, 0.1) is 11.8 Å². The van der Waals surface area contributed by atoms with E-state index in [4.69, 9.17) is 0 Å². The molecule has 150 valence electrons. The molecule has 2 bridgehead atoms. The first kappa shape index (κ1) is 17.4. The quantitative estimate of drug-likeness (QED) is 0.636. The van der Waals surface area contributed by atoms with Crippen LogP contribution in [0.3, 0.4) is 0 Å². The second-order valence-electron chi connectivity index (χ2n) is 9.56. The number of para-hydroxylation sites is 1. The highest BCUT2D eigenvalue weighted by atomic mass is 16.2. The molecular formula is C24H26N2O3. The summed E-state index contributed by atoms with van der Waals surface area (Å²) in [6.45, 7) is 0. The van der Waals surface area contributed by atoms with Crippen molar-refractivity contribution in [2.45, 2.75) is 38.1 Å². The van der Waals surface area contributed by atoms with Gasteiger partial charge in [0.2, 0.25) is 17.7 Å². The van der Waals surface area contributed by atoms with E-state index in [9.17, 15) is 14.4 Å². The zero-order valence-corrected chi connectivity index (χ0v) is 16.4. The van der Waals surface area contributed by atoms with E-state index in [-0.39, 0.29) is 53.4 Å². The van der Waals surface area contributed by atoms with Gasteiger partial charge in [-0.25, -0.2) is 0 Å². The minimum atomic E-state index is -0.111. The van der Waals surface area contributed by atoms with Crippen molar-refractivity contribution in [2.24, 2.45) is 41.4 Å². The summed E-state index contributed by atoms with van der Waals surface area (Å²) in [7, 11) is 0. The van der Waals surface area contributed by atoms with Crippen molar-refractivity contribution < 1.29 is 14.4 Å². The average molecular weight is 390 g/mol. The van der Waals surface area contributed by atoms with E-state index in [1.165, 1.54) is 6.42 Å². The molecular weight excluding hydrogens is 364 g/mol. The number of hydrogen-bond donors (Lipinski definition) is 1. The molecule has 1 aliphatic heterocycles. The molecule has 1 saturated heterocycles. The predicted octanol–water partition coefficient (Wildman–Crippen LogP) is 3.24. The SMILES string of the molecule is O=C(Nc1ccccc1)C1CCC(N2C(=O)[C@@H]3[C@@H]4C=C[C@H]([C@H]5C[C@H]45)[C@@H]3C2=O)CC1. The molecule has 1 N–H and O–H groups in total. The fourth-order valence-electron chi connectivity index (χ4n) is 6.70. The van der Waals surface area contributed by atoms with Crippen LogP contribution in [0, 0.1) is 41.4 Å². The maximum atomic E-state index is 13.3. The van der Waals surface area contributed by atoms with Gasteiger partial charge >= 0.3 is 0 Å². The van der Waals surface area contributed by atoms with Gasteiger partial charge in [-0.1, -0.05) is 30.4 Å². The van der Waals surface area contributed by atoms with E-state index < -0.39 is 0 Å². The molecule has 5 heteroatoms. The number of nitrogens with zero attached hydrogens (tertiary/aromatic N) is 1. The molecule has 4 fully saturated rings. The topological polar surface area (TPSA) is 66.5 Å². The fourth-order valence-corrected chi connectivity index (χ4v) is 6.70. The van der Waals surface area contributed by atoms with E-state index in [1.54, 1.807) is 4.90 Å². The van der Waals surface area contributed by atoms with Crippen LogP contribution in [0.5, 0.6) is 0 Å². The summed E-state index contributed by atoms with van der Waals surface area (Å²) < 4.78 is 0. The highest BCUT2D eigenvalue weighted by Crippen LogP contribution is 2.65. The standard InChI is InChI=1S/C24H26N2O3/c27-22(25-14-4-2-1-3-5-14)13-6-8-15(9-7-13)26-23(28)20-16-10-11-17(19-12-18(16)19)21(20)24(26)29/h1-5,10-11,13,15-21H,6-9,12H2,(H,25,27)/t13?,15?,16-,17-,18-,19-,20-,21+/m1/s1. The monoisotopic (exact) mass is 390 g/mol. The molecule has 0 aromatic heterocycles. The van der Waals surface area contributed by atoms with Gasteiger partial charge in [0.15, 0.2) is 0 Å². The van der Waals surface area contributed by atoms with Crippen LogP contribution in [0.1, 0.15) is 32.1 Å². The first-order valence-corrected chi connectivity index (χ1v) is 11.0. The van der Waals surface area contributed by atoms with Crippen molar-refractivity contribution in [3.63, 3.8) is 0 Å². The van der Waals surface area contributed by atoms with Gasteiger partial charge in [0, 0.05) is 17.6 Å². The molecule has 1 aromatic rings. The fraction of sp³-hybridized carbons (Fsp3) is 0.542. The molecule has 1 aromatic carbocycles.